The lowest BCUT2D eigenvalue weighted by Gasteiger charge is -2.12. The molecule has 0 bridgehead atoms. The number of hydrogen-bond acceptors (Lipinski definition) is 6. The van der Waals surface area contributed by atoms with Crippen LogP contribution in [-0.2, 0) is 26.7 Å². The Morgan fingerprint density at radius 1 is 0.903 bits per heavy atom. The normalized spacial score (nSPS) is 11.7. The van der Waals surface area contributed by atoms with Crippen molar-refractivity contribution in [2.24, 2.45) is 5.14 Å². The van der Waals surface area contributed by atoms with Crippen molar-refractivity contribution in [3.8, 4) is 5.75 Å². The zero-order valence-corrected chi connectivity index (χ0v) is 19.6. The average Bonchev–Trinajstić information content (AvgIpc) is 2.72. The van der Waals surface area contributed by atoms with Crippen LogP contribution in [0.3, 0.4) is 0 Å². The van der Waals surface area contributed by atoms with Gasteiger partial charge in [0.2, 0.25) is 10.0 Å². The average molecular weight is 572 g/mol. The molecule has 0 saturated carbocycles. The molecule has 1 amide bonds. The number of benzene rings is 3. The van der Waals surface area contributed by atoms with Gasteiger partial charge in [0.15, 0.2) is 0 Å². The third-order valence-corrected chi connectivity index (χ3v) is 7.43. The van der Waals surface area contributed by atoms with E-state index in [0.717, 1.165) is 17.7 Å². The number of rotatable bonds is 7. The predicted molar refractivity (Wildman–Crippen MR) is 122 cm³/mol. The summed E-state index contributed by atoms with van der Waals surface area (Å²) in [6.45, 7) is 0.334. The van der Waals surface area contributed by atoms with Crippen molar-refractivity contribution < 1.29 is 26.4 Å². The van der Waals surface area contributed by atoms with Gasteiger partial charge in [-0.05, 0) is 58.5 Å². The molecule has 3 aromatic carbocycles. The number of carbonyl (C=O) groups is 1. The van der Waals surface area contributed by atoms with Gasteiger partial charge < -0.3 is 4.74 Å². The van der Waals surface area contributed by atoms with Crippen LogP contribution in [0, 0.1) is 3.57 Å². The lowest BCUT2D eigenvalue weighted by Crippen LogP contribution is -2.32. The van der Waals surface area contributed by atoms with Crippen molar-refractivity contribution in [1.82, 2.24) is 4.72 Å². The van der Waals surface area contributed by atoms with E-state index in [1.807, 2.05) is 57.6 Å². The fourth-order valence-corrected chi connectivity index (χ4v) is 5.67. The highest BCUT2D eigenvalue weighted by molar-refractivity contribution is 14.1. The van der Waals surface area contributed by atoms with Crippen molar-refractivity contribution in [2.45, 2.75) is 16.4 Å². The van der Waals surface area contributed by atoms with Crippen molar-refractivity contribution in [3.05, 3.63) is 87.5 Å². The Morgan fingerprint density at radius 3 is 2.13 bits per heavy atom. The van der Waals surface area contributed by atoms with Gasteiger partial charge in [-0.15, -0.1) is 0 Å². The van der Waals surface area contributed by atoms with Gasteiger partial charge in [0.05, 0.1) is 3.57 Å². The summed E-state index contributed by atoms with van der Waals surface area (Å²) < 4.78 is 56.8. The lowest BCUT2D eigenvalue weighted by atomic mass is 10.2. The zero-order chi connectivity index (χ0) is 22.6. The van der Waals surface area contributed by atoms with Crippen LogP contribution in [0.1, 0.15) is 15.9 Å². The van der Waals surface area contributed by atoms with Crippen LogP contribution in [0.4, 0.5) is 0 Å². The van der Waals surface area contributed by atoms with Crippen molar-refractivity contribution >= 4 is 48.5 Å². The number of hydrogen-bond donors (Lipinski definition) is 2. The Balaban J connectivity index is 1.79. The number of primary sulfonamides is 1. The number of halogens is 1. The van der Waals surface area contributed by atoms with Crippen LogP contribution in [0.2, 0.25) is 0 Å². The van der Waals surface area contributed by atoms with Gasteiger partial charge in [0, 0.05) is 5.56 Å². The maximum Gasteiger partial charge on any atom is 0.265 e. The maximum absolute atomic E-state index is 12.6. The van der Waals surface area contributed by atoms with Gasteiger partial charge in [-0.1, -0.05) is 42.5 Å². The highest BCUT2D eigenvalue weighted by Crippen LogP contribution is 2.24. The van der Waals surface area contributed by atoms with Crippen LogP contribution >= 0.6 is 22.6 Å². The Labute approximate surface area is 193 Å². The second kappa shape index (κ2) is 9.34. The smallest absolute Gasteiger partial charge is 0.265 e. The summed E-state index contributed by atoms with van der Waals surface area (Å²) >= 11 is 1.98. The van der Waals surface area contributed by atoms with E-state index < -0.39 is 35.7 Å². The molecule has 11 heteroatoms. The minimum atomic E-state index is -4.48. The third-order valence-electron chi connectivity index (χ3n) is 4.10. The van der Waals surface area contributed by atoms with Gasteiger partial charge in [-0.3, -0.25) is 4.79 Å². The van der Waals surface area contributed by atoms with Gasteiger partial charge >= 0.3 is 0 Å². The van der Waals surface area contributed by atoms with E-state index in [1.165, 1.54) is 24.3 Å². The fourth-order valence-electron chi connectivity index (χ4n) is 2.64. The van der Waals surface area contributed by atoms with E-state index in [4.69, 9.17) is 9.88 Å². The summed E-state index contributed by atoms with van der Waals surface area (Å²) in [6, 6.07) is 18.7. The monoisotopic (exact) mass is 572 g/mol. The summed E-state index contributed by atoms with van der Waals surface area (Å²) in [7, 11) is -8.79. The van der Waals surface area contributed by atoms with Crippen LogP contribution in [0.25, 0.3) is 0 Å². The van der Waals surface area contributed by atoms with Gasteiger partial charge in [0.1, 0.15) is 22.1 Å². The number of nitrogens with one attached hydrogen (secondary N) is 1. The van der Waals surface area contributed by atoms with Gasteiger partial charge in [0.25, 0.3) is 15.9 Å². The first kappa shape index (κ1) is 23.2. The molecule has 0 atom stereocenters. The molecular formula is C20H17IN2O6S2. The molecule has 0 unspecified atom stereocenters. The SMILES string of the molecule is NS(=O)(=O)c1ccccc1S(=O)(=O)NC(=O)c1ccc(OCc2ccccc2)c(I)c1. The summed E-state index contributed by atoms with van der Waals surface area (Å²) in [4.78, 5) is 11.3. The first-order chi connectivity index (χ1) is 14.6. The first-order valence-corrected chi connectivity index (χ1v) is 12.8. The van der Waals surface area contributed by atoms with E-state index in [9.17, 15) is 21.6 Å². The molecular weight excluding hydrogens is 555 g/mol. The molecule has 0 radical (unpaired) electrons. The van der Waals surface area contributed by atoms with E-state index in [-0.39, 0.29) is 5.56 Å². The second-order valence-corrected chi connectivity index (χ2v) is 10.7. The molecule has 3 aromatic rings. The minimum Gasteiger partial charge on any atom is -0.488 e. The molecule has 0 aromatic heterocycles. The summed E-state index contributed by atoms with van der Waals surface area (Å²) in [5.41, 5.74) is 1.04. The number of carbonyl (C=O) groups excluding carboxylic acids is 1. The molecule has 3 rings (SSSR count). The number of ether oxygens (including phenoxy) is 1. The molecule has 0 heterocycles. The third kappa shape index (κ3) is 5.81. The predicted octanol–water partition coefficient (Wildman–Crippen LogP) is 2.64. The van der Waals surface area contributed by atoms with E-state index in [2.05, 4.69) is 0 Å². The fraction of sp³-hybridized carbons (Fsp3) is 0.0500. The molecule has 0 aliphatic rings. The Kier molecular flexibility index (Phi) is 6.99. The quantitative estimate of drug-likeness (QED) is 0.419. The van der Waals surface area contributed by atoms with Gasteiger partial charge in [-0.25, -0.2) is 26.7 Å². The molecule has 162 valence electrons. The number of nitrogens with two attached hydrogens (primary N) is 1. The van der Waals surface area contributed by atoms with Crippen molar-refractivity contribution in [1.29, 1.82) is 0 Å². The lowest BCUT2D eigenvalue weighted by molar-refractivity contribution is 0.0981. The van der Waals surface area contributed by atoms with Crippen LogP contribution in [-0.4, -0.2) is 22.7 Å². The highest BCUT2D eigenvalue weighted by atomic mass is 127. The van der Waals surface area contributed by atoms with Crippen LogP contribution in [0.15, 0.2) is 82.6 Å². The molecule has 0 fully saturated rings. The summed E-state index contributed by atoms with van der Waals surface area (Å²) in [5, 5.41) is 5.08. The Hall–Kier alpha value is -2.48. The largest absolute Gasteiger partial charge is 0.488 e. The molecule has 3 N–H and O–H groups in total. The summed E-state index contributed by atoms with van der Waals surface area (Å²) in [5.74, 6) is -0.389. The highest BCUT2D eigenvalue weighted by Gasteiger charge is 2.26. The topological polar surface area (TPSA) is 133 Å². The van der Waals surface area contributed by atoms with Crippen LogP contribution in [0.5, 0.6) is 5.75 Å². The van der Waals surface area contributed by atoms with E-state index in [0.29, 0.717) is 15.9 Å². The number of sulfonamides is 2. The maximum atomic E-state index is 12.6. The molecule has 0 aliphatic heterocycles. The van der Waals surface area contributed by atoms with Crippen LogP contribution < -0.4 is 14.6 Å². The van der Waals surface area contributed by atoms with Gasteiger partial charge in [-0.2, -0.15) is 0 Å². The zero-order valence-electron chi connectivity index (χ0n) is 15.9. The van der Waals surface area contributed by atoms with E-state index in [1.54, 1.807) is 6.07 Å². The summed E-state index contributed by atoms with van der Waals surface area (Å²) in [6.07, 6.45) is 0. The first-order valence-electron chi connectivity index (χ1n) is 8.73. The minimum absolute atomic E-state index is 0.0631. The molecule has 0 saturated heterocycles. The molecule has 0 aliphatic carbocycles. The second-order valence-electron chi connectivity index (χ2n) is 6.35. The standard InChI is InChI=1S/C20H17IN2O6S2/c21-16-12-15(10-11-17(16)29-13-14-6-2-1-3-7-14)20(24)23-31(27,28)19-9-5-4-8-18(19)30(22,25)26/h1-12H,13H2,(H,23,24)(H2,22,25,26). The Bertz CT molecular complexity index is 1330. The van der Waals surface area contributed by atoms with Crippen molar-refractivity contribution in [3.63, 3.8) is 0 Å². The molecule has 8 nitrogen and oxygen atoms in total. The molecule has 31 heavy (non-hydrogen) atoms. The number of amides is 1. The van der Waals surface area contributed by atoms with Crippen molar-refractivity contribution in [2.75, 3.05) is 0 Å². The Morgan fingerprint density at radius 2 is 1.52 bits per heavy atom. The molecule has 0 spiro atoms. The van der Waals surface area contributed by atoms with E-state index >= 15 is 0 Å².